The summed E-state index contributed by atoms with van der Waals surface area (Å²) in [5, 5.41) is 5.81. The summed E-state index contributed by atoms with van der Waals surface area (Å²) >= 11 is 0. The number of fused-ring (bicyclic) bond motifs is 1. The number of nitrogens with one attached hydrogen (secondary N) is 2. The van der Waals surface area contributed by atoms with Crippen LogP contribution in [-0.2, 0) is 6.42 Å². The Morgan fingerprint density at radius 3 is 2.50 bits per heavy atom. The van der Waals surface area contributed by atoms with Crippen LogP contribution in [-0.4, -0.2) is 25.8 Å². The van der Waals surface area contributed by atoms with Gasteiger partial charge in [-0.25, -0.2) is 4.79 Å². The average molecular weight is 326 g/mol. The number of aryl methyl sites for hydroxylation is 2. The minimum absolute atomic E-state index is 0.190. The van der Waals surface area contributed by atoms with E-state index in [1.54, 1.807) is 0 Å². The van der Waals surface area contributed by atoms with Crippen LogP contribution in [0.15, 0.2) is 36.4 Å². The number of rotatable bonds is 4. The summed E-state index contributed by atoms with van der Waals surface area (Å²) in [4.78, 5) is 12.1. The number of ether oxygens (including phenoxy) is 2. The zero-order valence-corrected chi connectivity index (χ0v) is 14.0. The highest BCUT2D eigenvalue weighted by atomic mass is 16.6. The number of anilines is 1. The zero-order valence-electron chi connectivity index (χ0n) is 14.0. The van der Waals surface area contributed by atoms with Gasteiger partial charge in [0.05, 0.1) is 0 Å². The summed E-state index contributed by atoms with van der Waals surface area (Å²) in [6, 6.07) is 11.6. The molecule has 0 saturated heterocycles. The molecule has 0 spiro atoms. The Morgan fingerprint density at radius 2 is 1.75 bits per heavy atom. The molecule has 0 aromatic heterocycles. The minimum Gasteiger partial charge on any atom is -0.486 e. The molecule has 3 rings (SSSR count). The van der Waals surface area contributed by atoms with Gasteiger partial charge in [0.2, 0.25) is 0 Å². The topological polar surface area (TPSA) is 59.6 Å². The Morgan fingerprint density at radius 1 is 1.04 bits per heavy atom. The smallest absolute Gasteiger partial charge is 0.319 e. The van der Waals surface area contributed by atoms with E-state index in [0.717, 1.165) is 40.3 Å². The molecule has 0 bridgehead atoms. The van der Waals surface area contributed by atoms with Crippen LogP contribution in [0.2, 0.25) is 0 Å². The Balaban J connectivity index is 1.52. The molecule has 2 amide bonds. The monoisotopic (exact) mass is 326 g/mol. The van der Waals surface area contributed by atoms with Crippen LogP contribution in [0.3, 0.4) is 0 Å². The van der Waals surface area contributed by atoms with E-state index in [4.69, 9.17) is 9.47 Å². The fourth-order valence-electron chi connectivity index (χ4n) is 2.73. The van der Waals surface area contributed by atoms with Gasteiger partial charge < -0.3 is 20.1 Å². The van der Waals surface area contributed by atoms with Crippen LogP contribution in [0.4, 0.5) is 10.5 Å². The molecular formula is C19H22N2O3. The second-order valence-corrected chi connectivity index (χ2v) is 5.88. The minimum atomic E-state index is -0.190. The largest absolute Gasteiger partial charge is 0.486 e. The maximum Gasteiger partial charge on any atom is 0.319 e. The molecule has 0 saturated carbocycles. The first-order valence-electron chi connectivity index (χ1n) is 8.13. The number of hydrogen-bond donors (Lipinski definition) is 2. The van der Waals surface area contributed by atoms with Gasteiger partial charge in [-0.2, -0.15) is 0 Å². The van der Waals surface area contributed by atoms with E-state index in [9.17, 15) is 4.79 Å². The van der Waals surface area contributed by atoms with Crippen molar-refractivity contribution in [3.05, 3.63) is 53.1 Å². The van der Waals surface area contributed by atoms with Crippen molar-refractivity contribution >= 4 is 11.7 Å². The van der Waals surface area contributed by atoms with Gasteiger partial charge in [0, 0.05) is 12.2 Å². The molecule has 2 aromatic rings. The quantitative estimate of drug-likeness (QED) is 0.905. The summed E-state index contributed by atoms with van der Waals surface area (Å²) in [6.07, 6.45) is 0.733. The number of hydrogen-bond acceptors (Lipinski definition) is 3. The van der Waals surface area contributed by atoms with E-state index in [1.165, 1.54) is 0 Å². The third-order valence-electron chi connectivity index (χ3n) is 4.03. The maximum absolute atomic E-state index is 12.1. The predicted octanol–water partition coefficient (Wildman–Crippen LogP) is 3.44. The fourth-order valence-corrected chi connectivity index (χ4v) is 2.73. The van der Waals surface area contributed by atoms with Gasteiger partial charge in [0.25, 0.3) is 0 Å². The van der Waals surface area contributed by atoms with E-state index in [2.05, 4.69) is 10.6 Å². The highest BCUT2D eigenvalue weighted by Crippen LogP contribution is 2.30. The first-order chi connectivity index (χ1) is 11.6. The van der Waals surface area contributed by atoms with Gasteiger partial charge in [0.1, 0.15) is 13.2 Å². The van der Waals surface area contributed by atoms with E-state index < -0.39 is 0 Å². The summed E-state index contributed by atoms with van der Waals surface area (Å²) in [7, 11) is 0. The SMILES string of the molecule is Cc1cccc(C)c1NC(=O)NCCc1ccc2c(c1)OCCO2. The second-order valence-electron chi connectivity index (χ2n) is 5.88. The van der Waals surface area contributed by atoms with E-state index >= 15 is 0 Å². The number of para-hydroxylation sites is 1. The number of carbonyl (C=O) groups is 1. The average Bonchev–Trinajstić information content (AvgIpc) is 2.58. The van der Waals surface area contributed by atoms with Gasteiger partial charge in [-0.05, 0) is 49.1 Å². The lowest BCUT2D eigenvalue weighted by Gasteiger charge is -2.19. The predicted molar refractivity (Wildman–Crippen MR) is 94.1 cm³/mol. The molecular weight excluding hydrogens is 304 g/mol. The molecule has 126 valence electrons. The van der Waals surface area contributed by atoms with Crippen molar-refractivity contribution in [2.75, 3.05) is 25.1 Å². The normalized spacial score (nSPS) is 12.6. The van der Waals surface area contributed by atoms with Crippen LogP contribution in [0.5, 0.6) is 11.5 Å². The zero-order chi connectivity index (χ0) is 16.9. The summed E-state index contributed by atoms with van der Waals surface area (Å²) in [5.41, 5.74) is 4.08. The van der Waals surface area contributed by atoms with Gasteiger partial charge in [-0.15, -0.1) is 0 Å². The first-order valence-corrected chi connectivity index (χ1v) is 8.13. The van der Waals surface area contributed by atoms with E-state index in [0.29, 0.717) is 19.8 Å². The van der Waals surface area contributed by atoms with E-state index in [-0.39, 0.29) is 6.03 Å². The van der Waals surface area contributed by atoms with Crippen LogP contribution in [0, 0.1) is 13.8 Å². The number of amides is 2. The Labute approximate surface area is 142 Å². The Kier molecular flexibility index (Phi) is 4.89. The van der Waals surface area contributed by atoms with Crippen molar-refractivity contribution < 1.29 is 14.3 Å². The standard InChI is InChI=1S/C19H22N2O3/c1-13-4-3-5-14(2)18(13)21-19(22)20-9-8-15-6-7-16-17(12-15)24-11-10-23-16/h3-7,12H,8-11H2,1-2H3,(H2,20,21,22). The molecule has 5 nitrogen and oxygen atoms in total. The van der Waals surface area contributed by atoms with Crippen LogP contribution in [0.1, 0.15) is 16.7 Å². The van der Waals surface area contributed by atoms with Gasteiger partial charge >= 0.3 is 6.03 Å². The van der Waals surface area contributed by atoms with Gasteiger partial charge in [0.15, 0.2) is 11.5 Å². The number of urea groups is 1. The fraction of sp³-hybridized carbons (Fsp3) is 0.316. The summed E-state index contributed by atoms with van der Waals surface area (Å²) in [5.74, 6) is 1.56. The third-order valence-corrected chi connectivity index (χ3v) is 4.03. The lowest BCUT2D eigenvalue weighted by atomic mass is 10.1. The van der Waals surface area contributed by atoms with Gasteiger partial charge in [-0.3, -0.25) is 0 Å². The molecule has 0 atom stereocenters. The van der Waals surface area contributed by atoms with Gasteiger partial charge in [-0.1, -0.05) is 24.3 Å². The molecule has 1 aliphatic heterocycles. The molecule has 24 heavy (non-hydrogen) atoms. The van der Waals surface area contributed by atoms with E-state index in [1.807, 2.05) is 50.2 Å². The summed E-state index contributed by atoms with van der Waals surface area (Å²) in [6.45, 7) is 5.69. The van der Waals surface area contributed by atoms with Crippen LogP contribution < -0.4 is 20.1 Å². The highest BCUT2D eigenvalue weighted by Gasteiger charge is 2.12. The molecule has 0 unspecified atom stereocenters. The molecule has 2 N–H and O–H groups in total. The van der Waals surface area contributed by atoms with Crippen molar-refractivity contribution in [2.24, 2.45) is 0 Å². The van der Waals surface area contributed by atoms with Crippen LogP contribution in [0.25, 0.3) is 0 Å². The van der Waals surface area contributed by atoms with Crippen molar-refractivity contribution in [1.82, 2.24) is 5.32 Å². The molecule has 1 heterocycles. The highest BCUT2D eigenvalue weighted by molar-refractivity contribution is 5.90. The Hall–Kier alpha value is -2.69. The Bertz CT molecular complexity index is 723. The number of benzene rings is 2. The molecule has 0 fully saturated rings. The molecule has 0 aliphatic carbocycles. The first kappa shape index (κ1) is 16.2. The summed E-state index contributed by atoms with van der Waals surface area (Å²) < 4.78 is 11.1. The van der Waals surface area contributed by atoms with Crippen molar-refractivity contribution in [3.63, 3.8) is 0 Å². The lowest BCUT2D eigenvalue weighted by Crippen LogP contribution is -2.31. The van der Waals surface area contributed by atoms with Crippen molar-refractivity contribution in [3.8, 4) is 11.5 Å². The molecule has 1 aliphatic rings. The van der Waals surface area contributed by atoms with Crippen molar-refractivity contribution in [1.29, 1.82) is 0 Å². The third kappa shape index (κ3) is 3.79. The molecule has 0 radical (unpaired) electrons. The maximum atomic E-state index is 12.1. The molecule has 5 heteroatoms. The lowest BCUT2D eigenvalue weighted by molar-refractivity contribution is 0.171. The molecule has 2 aromatic carbocycles. The van der Waals surface area contributed by atoms with Crippen molar-refractivity contribution in [2.45, 2.75) is 20.3 Å². The second kappa shape index (κ2) is 7.25. The van der Waals surface area contributed by atoms with Crippen LogP contribution >= 0.6 is 0 Å². The number of carbonyl (C=O) groups excluding carboxylic acids is 1.